The standard InChI is InChI=1S/C10H22N2O/c1-4-6-8-9(7-5-2)12-10(13)11-3/h9H,4-8H2,1-3H3,(H2,11,12,13). The molecular formula is C10H22N2O. The minimum Gasteiger partial charge on any atom is -0.341 e. The van der Waals surface area contributed by atoms with Gasteiger partial charge in [-0.15, -0.1) is 0 Å². The number of urea groups is 1. The first-order valence-electron chi connectivity index (χ1n) is 5.22. The Bertz CT molecular complexity index is 137. The van der Waals surface area contributed by atoms with E-state index in [2.05, 4.69) is 24.5 Å². The van der Waals surface area contributed by atoms with Crippen molar-refractivity contribution < 1.29 is 4.79 Å². The summed E-state index contributed by atoms with van der Waals surface area (Å²) < 4.78 is 0. The SMILES string of the molecule is CCCCC(CCC)NC(=O)NC. The molecule has 0 aromatic carbocycles. The van der Waals surface area contributed by atoms with Crippen LogP contribution in [0.3, 0.4) is 0 Å². The fourth-order valence-corrected chi connectivity index (χ4v) is 1.35. The van der Waals surface area contributed by atoms with Gasteiger partial charge in [-0.1, -0.05) is 33.1 Å². The molecule has 1 unspecified atom stereocenters. The molecule has 2 N–H and O–H groups in total. The second-order valence-electron chi connectivity index (χ2n) is 3.35. The molecule has 3 nitrogen and oxygen atoms in total. The summed E-state index contributed by atoms with van der Waals surface area (Å²) in [5.74, 6) is 0. The molecule has 2 amide bonds. The zero-order valence-electron chi connectivity index (χ0n) is 9.02. The number of hydrogen-bond acceptors (Lipinski definition) is 1. The Morgan fingerprint density at radius 2 is 1.92 bits per heavy atom. The summed E-state index contributed by atoms with van der Waals surface area (Å²) in [7, 11) is 1.65. The third kappa shape index (κ3) is 6.43. The lowest BCUT2D eigenvalue weighted by Gasteiger charge is -2.17. The molecule has 0 aliphatic rings. The molecule has 1 atom stereocenters. The van der Waals surface area contributed by atoms with Crippen molar-refractivity contribution in [1.29, 1.82) is 0 Å². The van der Waals surface area contributed by atoms with Crippen molar-refractivity contribution in [2.45, 2.75) is 52.0 Å². The van der Waals surface area contributed by atoms with E-state index in [-0.39, 0.29) is 6.03 Å². The highest BCUT2D eigenvalue weighted by Gasteiger charge is 2.08. The van der Waals surface area contributed by atoms with Gasteiger partial charge in [-0.2, -0.15) is 0 Å². The summed E-state index contributed by atoms with van der Waals surface area (Å²) in [4.78, 5) is 11.0. The lowest BCUT2D eigenvalue weighted by Crippen LogP contribution is -2.40. The van der Waals surface area contributed by atoms with Crippen molar-refractivity contribution in [2.75, 3.05) is 7.05 Å². The molecule has 0 aliphatic carbocycles. The number of rotatable bonds is 6. The van der Waals surface area contributed by atoms with E-state index in [1.54, 1.807) is 7.05 Å². The fourth-order valence-electron chi connectivity index (χ4n) is 1.35. The van der Waals surface area contributed by atoms with Crippen LogP contribution in [-0.4, -0.2) is 19.1 Å². The number of hydrogen-bond donors (Lipinski definition) is 2. The Morgan fingerprint density at radius 1 is 1.23 bits per heavy atom. The van der Waals surface area contributed by atoms with Crippen LogP contribution in [0.25, 0.3) is 0 Å². The Balaban J connectivity index is 3.71. The van der Waals surface area contributed by atoms with Crippen LogP contribution in [0, 0.1) is 0 Å². The van der Waals surface area contributed by atoms with Crippen LogP contribution in [0.4, 0.5) is 4.79 Å². The maximum atomic E-state index is 11.0. The van der Waals surface area contributed by atoms with E-state index in [9.17, 15) is 4.79 Å². The average molecular weight is 186 g/mol. The molecule has 0 bridgehead atoms. The van der Waals surface area contributed by atoms with Gasteiger partial charge in [-0.05, 0) is 12.8 Å². The highest BCUT2D eigenvalue weighted by Crippen LogP contribution is 2.06. The Hall–Kier alpha value is -0.730. The average Bonchev–Trinajstić information content (AvgIpc) is 2.14. The van der Waals surface area contributed by atoms with E-state index in [1.165, 1.54) is 12.8 Å². The topological polar surface area (TPSA) is 41.1 Å². The normalized spacial score (nSPS) is 12.2. The molecule has 0 spiro atoms. The molecule has 0 aliphatic heterocycles. The summed E-state index contributed by atoms with van der Waals surface area (Å²) in [5.41, 5.74) is 0. The lowest BCUT2D eigenvalue weighted by atomic mass is 10.1. The van der Waals surface area contributed by atoms with Gasteiger partial charge in [0.1, 0.15) is 0 Å². The van der Waals surface area contributed by atoms with Gasteiger partial charge in [0.2, 0.25) is 0 Å². The first-order chi connectivity index (χ1) is 6.24. The molecule has 78 valence electrons. The zero-order valence-corrected chi connectivity index (χ0v) is 9.02. The van der Waals surface area contributed by atoms with Gasteiger partial charge in [0, 0.05) is 13.1 Å². The van der Waals surface area contributed by atoms with E-state index >= 15 is 0 Å². The van der Waals surface area contributed by atoms with Crippen molar-refractivity contribution in [1.82, 2.24) is 10.6 Å². The van der Waals surface area contributed by atoms with Crippen molar-refractivity contribution in [3.63, 3.8) is 0 Å². The predicted molar refractivity (Wildman–Crippen MR) is 55.8 cm³/mol. The van der Waals surface area contributed by atoms with Crippen LogP contribution in [0.15, 0.2) is 0 Å². The summed E-state index contributed by atoms with van der Waals surface area (Å²) in [6.07, 6.45) is 5.67. The van der Waals surface area contributed by atoms with Crippen molar-refractivity contribution >= 4 is 6.03 Å². The molecule has 3 heteroatoms. The number of carbonyl (C=O) groups is 1. The minimum atomic E-state index is -0.0606. The number of nitrogens with one attached hydrogen (secondary N) is 2. The molecule has 0 heterocycles. The van der Waals surface area contributed by atoms with Crippen LogP contribution < -0.4 is 10.6 Å². The van der Waals surface area contributed by atoms with Gasteiger partial charge in [0.15, 0.2) is 0 Å². The van der Waals surface area contributed by atoms with Crippen molar-refractivity contribution in [3.05, 3.63) is 0 Å². The Morgan fingerprint density at radius 3 is 2.38 bits per heavy atom. The molecule has 0 aromatic rings. The monoisotopic (exact) mass is 186 g/mol. The second-order valence-corrected chi connectivity index (χ2v) is 3.35. The number of unbranched alkanes of at least 4 members (excludes halogenated alkanes) is 1. The van der Waals surface area contributed by atoms with Crippen LogP contribution >= 0.6 is 0 Å². The maximum absolute atomic E-state index is 11.0. The summed E-state index contributed by atoms with van der Waals surface area (Å²) in [6.45, 7) is 4.31. The molecule has 0 saturated heterocycles. The van der Waals surface area contributed by atoms with Crippen LogP contribution in [0.5, 0.6) is 0 Å². The van der Waals surface area contributed by atoms with Crippen molar-refractivity contribution in [2.24, 2.45) is 0 Å². The van der Waals surface area contributed by atoms with E-state index < -0.39 is 0 Å². The predicted octanol–water partition coefficient (Wildman–Crippen LogP) is 2.27. The Kier molecular flexibility index (Phi) is 7.45. The molecule has 0 fully saturated rings. The third-order valence-corrected chi connectivity index (χ3v) is 2.11. The van der Waals surface area contributed by atoms with E-state index in [4.69, 9.17) is 0 Å². The van der Waals surface area contributed by atoms with Gasteiger partial charge < -0.3 is 10.6 Å². The Labute approximate surface area is 81.3 Å². The van der Waals surface area contributed by atoms with E-state index in [0.29, 0.717) is 6.04 Å². The lowest BCUT2D eigenvalue weighted by molar-refractivity contribution is 0.237. The van der Waals surface area contributed by atoms with Crippen LogP contribution in [0.2, 0.25) is 0 Å². The number of carbonyl (C=O) groups excluding carboxylic acids is 1. The molecule has 0 aromatic heterocycles. The largest absolute Gasteiger partial charge is 0.341 e. The van der Waals surface area contributed by atoms with Crippen LogP contribution in [-0.2, 0) is 0 Å². The maximum Gasteiger partial charge on any atom is 0.314 e. The first kappa shape index (κ1) is 12.3. The van der Waals surface area contributed by atoms with Gasteiger partial charge in [-0.3, -0.25) is 0 Å². The van der Waals surface area contributed by atoms with Crippen LogP contribution in [0.1, 0.15) is 46.0 Å². The molecular weight excluding hydrogens is 164 g/mol. The minimum absolute atomic E-state index is 0.0606. The molecule has 13 heavy (non-hydrogen) atoms. The number of amides is 2. The molecule has 0 saturated carbocycles. The summed E-state index contributed by atoms with van der Waals surface area (Å²) >= 11 is 0. The molecule has 0 rings (SSSR count). The summed E-state index contributed by atoms with van der Waals surface area (Å²) in [5, 5.41) is 5.53. The van der Waals surface area contributed by atoms with Crippen molar-refractivity contribution in [3.8, 4) is 0 Å². The quantitative estimate of drug-likeness (QED) is 0.656. The van der Waals surface area contributed by atoms with Gasteiger partial charge in [0.25, 0.3) is 0 Å². The highest BCUT2D eigenvalue weighted by molar-refractivity contribution is 5.73. The first-order valence-corrected chi connectivity index (χ1v) is 5.22. The second kappa shape index (κ2) is 7.90. The smallest absolute Gasteiger partial charge is 0.314 e. The highest BCUT2D eigenvalue weighted by atomic mass is 16.2. The van der Waals surface area contributed by atoms with E-state index in [1.807, 2.05) is 0 Å². The third-order valence-electron chi connectivity index (χ3n) is 2.11. The van der Waals surface area contributed by atoms with Gasteiger partial charge in [0.05, 0.1) is 0 Å². The molecule has 0 radical (unpaired) electrons. The van der Waals surface area contributed by atoms with Gasteiger partial charge in [-0.25, -0.2) is 4.79 Å². The van der Waals surface area contributed by atoms with E-state index in [0.717, 1.165) is 19.3 Å². The zero-order chi connectivity index (χ0) is 10.1. The summed E-state index contributed by atoms with van der Waals surface area (Å²) in [6, 6.07) is 0.291. The van der Waals surface area contributed by atoms with Gasteiger partial charge >= 0.3 is 6.03 Å². The fraction of sp³-hybridized carbons (Fsp3) is 0.900.